The summed E-state index contributed by atoms with van der Waals surface area (Å²) in [5, 5.41) is 0. The maximum atomic E-state index is 5.28. The van der Waals surface area contributed by atoms with Gasteiger partial charge in [-0.05, 0) is 43.2 Å². The number of ether oxygens (including phenoxy) is 1. The van der Waals surface area contributed by atoms with Gasteiger partial charge in [0.25, 0.3) is 0 Å². The number of methoxy groups -OCH3 is 1. The summed E-state index contributed by atoms with van der Waals surface area (Å²) in [7, 11) is 1.69. The van der Waals surface area contributed by atoms with Gasteiger partial charge in [-0.25, -0.2) is 9.97 Å². The normalized spacial score (nSPS) is 15.4. The van der Waals surface area contributed by atoms with Crippen molar-refractivity contribution in [3.05, 3.63) is 48.5 Å². The van der Waals surface area contributed by atoms with Crippen LogP contribution in [0.2, 0.25) is 0 Å². The number of nitrogens with one attached hydrogen (secondary N) is 1. The van der Waals surface area contributed by atoms with Crippen molar-refractivity contribution in [3.63, 3.8) is 0 Å². The summed E-state index contributed by atoms with van der Waals surface area (Å²) in [6, 6.07) is 10.2. The molecule has 5 nitrogen and oxygen atoms in total. The number of aromatic amines is 1. The van der Waals surface area contributed by atoms with Crippen LogP contribution in [0.1, 0.15) is 37.4 Å². The van der Waals surface area contributed by atoms with E-state index in [0.29, 0.717) is 5.92 Å². The summed E-state index contributed by atoms with van der Waals surface area (Å²) in [6.45, 7) is 0. The van der Waals surface area contributed by atoms with Crippen LogP contribution in [0, 0.1) is 0 Å². The molecule has 0 atom stereocenters. The molecule has 0 amide bonds. The predicted octanol–water partition coefficient (Wildman–Crippen LogP) is 4.54. The predicted molar refractivity (Wildman–Crippen MR) is 98.0 cm³/mol. The molecule has 0 bridgehead atoms. The molecule has 0 radical (unpaired) electrons. The molecule has 3 aromatic heterocycles. The fourth-order valence-corrected chi connectivity index (χ4v) is 4.00. The maximum Gasteiger partial charge on any atom is 0.154 e. The number of aromatic nitrogens is 4. The van der Waals surface area contributed by atoms with Crippen molar-refractivity contribution in [1.29, 1.82) is 0 Å². The highest BCUT2D eigenvalue weighted by molar-refractivity contribution is 5.84. The minimum atomic E-state index is 0.528. The van der Waals surface area contributed by atoms with Crippen LogP contribution in [0.25, 0.3) is 27.9 Å². The van der Waals surface area contributed by atoms with Crippen molar-refractivity contribution in [2.75, 3.05) is 7.11 Å². The Morgan fingerprint density at radius 1 is 1.08 bits per heavy atom. The third-order valence-corrected chi connectivity index (χ3v) is 5.28. The van der Waals surface area contributed by atoms with Crippen molar-refractivity contribution in [3.8, 4) is 17.0 Å². The van der Waals surface area contributed by atoms with E-state index in [4.69, 9.17) is 9.72 Å². The number of imidazole rings is 1. The highest BCUT2D eigenvalue weighted by Gasteiger charge is 2.25. The van der Waals surface area contributed by atoms with Crippen LogP contribution in [0.5, 0.6) is 5.75 Å². The molecular weight excluding hydrogens is 312 g/mol. The van der Waals surface area contributed by atoms with E-state index in [2.05, 4.69) is 32.6 Å². The highest BCUT2D eigenvalue weighted by Crippen LogP contribution is 2.37. The molecule has 0 spiro atoms. The summed E-state index contributed by atoms with van der Waals surface area (Å²) in [5.41, 5.74) is 5.18. The van der Waals surface area contributed by atoms with Gasteiger partial charge in [-0.2, -0.15) is 0 Å². The standard InChI is InChI=1S/C20H20N4O/c1-25-15-8-6-13(7-9-15)18-17-12-22-19-16(10-11-21-19)24(17)20(23-18)14-4-2-3-5-14/h6-12,14,21H,2-5H2,1H3. The van der Waals surface area contributed by atoms with E-state index in [1.165, 1.54) is 31.5 Å². The monoisotopic (exact) mass is 332 g/mol. The Balaban J connectivity index is 1.78. The van der Waals surface area contributed by atoms with Crippen LogP contribution in [0.4, 0.5) is 0 Å². The van der Waals surface area contributed by atoms with Crippen molar-refractivity contribution in [2.45, 2.75) is 31.6 Å². The zero-order valence-corrected chi connectivity index (χ0v) is 14.2. The van der Waals surface area contributed by atoms with Crippen LogP contribution in [-0.2, 0) is 0 Å². The van der Waals surface area contributed by atoms with Gasteiger partial charge in [0.1, 0.15) is 11.6 Å². The molecule has 0 unspecified atom stereocenters. The lowest BCUT2D eigenvalue weighted by Gasteiger charge is -2.08. The van der Waals surface area contributed by atoms with Gasteiger partial charge in [-0.3, -0.25) is 4.40 Å². The number of nitrogens with zero attached hydrogens (tertiary/aromatic N) is 3. The first-order valence-electron chi connectivity index (χ1n) is 8.84. The van der Waals surface area contributed by atoms with E-state index < -0.39 is 0 Å². The Morgan fingerprint density at radius 3 is 2.64 bits per heavy atom. The van der Waals surface area contributed by atoms with Crippen molar-refractivity contribution in [1.82, 2.24) is 19.4 Å². The lowest BCUT2D eigenvalue weighted by atomic mass is 10.1. The largest absolute Gasteiger partial charge is 0.497 e. The number of hydrogen-bond donors (Lipinski definition) is 1. The second-order valence-corrected chi connectivity index (χ2v) is 6.72. The Hall–Kier alpha value is -2.82. The minimum Gasteiger partial charge on any atom is -0.497 e. The Labute approximate surface area is 145 Å². The summed E-state index contributed by atoms with van der Waals surface area (Å²) >= 11 is 0. The van der Waals surface area contributed by atoms with E-state index in [1.807, 2.05) is 24.5 Å². The van der Waals surface area contributed by atoms with Gasteiger partial charge in [0.15, 0.2) is 5.65 Å². The fraction of sp³-hybridized carbons (Fsp3) is 0.300. The summed E-state index contributed by atoms with van der Waals surface area (Å²) in [5.74, 6) is 2.56. The Morgan fingerprint density at radius 2 is 1.88 bits per heavy atom. The molecule has 1 N–H and O–H groups in total. The Bertz CT molecular complexity index is 1040. The van der Waals surface area contributed by atoms with E-state index in [-0.39, 0.29) is 0 Å². The van der Waals surface area contributed by atoms with Gasteiger partial charge in [0.05, 0.1) is 30.0 Å². The number of hydrogen-bond acceptors (Lipinski definition) is 3. The third kappa shape index (κ3) is 2.22. The molecule has 0 saturated heterocycles. The molecule has 1 aliphatic carbocycles. The molecule has 3 heterocycles. The van der Waals surface area contributed by atoms with Gasteiger partial charge < -0.3 is 9.72 Å². The molecule has 0 aliphatic heterocycles. The molecule has 25 heavy (non-hydrogen) atoms. The van der Waals surface area contributed by atoms with E-state index in [0.717, 1.165) is 33.7 Å². The first-order chi connectivity index (χ1) is 12.3. The van der Waals surface area contributed by atoms with E-state index in [9.17, 15) is 0 Å². The zero-order chi connectivity index (χ0) is 16.8. The molecule has 1 aromatic carbocycles. The number of rotatable bonds is 3. The zero-order valence-electron chi connectivity index (χ0n) is 14.2. The molecule has 1 fully saturated rings. The number of H-pyrrole nitrogens is 1. The lowest BCUT2D eigenvalue weighted by molar-refractivity contribution is 0.415. The summed E-state index contributed by atoms with van der Waals surface area (Å²) < 4.78 is 7.58. The van der Waals surface area contributed by atoms with Crippen molar-refractivity contribution in [2.24, 2.45) is 0 Å². The molecule has 1 saturated carbocycles. The van der Waals surface area contributed by atoms with Gasteiger partial charge in [-0.15, -0.1) is 0 Å². The average Bonchev–Trinajstić information content (AvgIpc) is 3.39. The molecular formula is C20H20N4O. The molecule has 5 heteroatoms. The molecule has 126 valence electrons. The van der Waals surface area contributed by atoms with E-state index >= 15 is 0 Å². The van der Waals surface area contributed by atoms with Crippen LogP contribution in [0.3, 0.4) is 0 Å². The quantitative estimate of drug-likeness (QED) is 0.599. The SMILES string of the molecule is COc1ccc(-c2nc(C3CCCC3)n3c2cnc2[nH]ccc23)cc1. The van der Waals surface area contributed by atoms with E-state index in [1.54, 1.807) is 7.11 Å². The lowest BCUT2D eigenvalue weighted by Crippen LogP contribution is -2.01. The smallest absolute Gasteiger partial charge is 0.154 e. The summed E-state index contributed by atoms with van der Waals surface area (Å²) in [4.78, 5) is 12.9. The van der Waals surface area contributed by atoms with Gasteiger partial charge in [0.2, 0.25) is 0 Å². The second-order valence-electron chi connectivity index (χ2n) is 6.72. The average molecular weight is 332 g/mol. The van der Waals surface area contributed by atoms with Crippen LogP contribution >= 0.6 is 0 Å². The van der Waals surface area contributed by atoms with Crippen molar-refractivity contribution >= 4 is 16.7 Å². The first kappa shape index (κ1) is 14.5. The highest BCUT2D eigenvalue weighted by atomic mass is 16.5. The topological polar surface area (TPSA) is 55.2 Å². The molecule has 4 aromatic rings. The van der Waals surface area contributed by atoms with Crippen LogP contribution in [-0.4, -0.2) is 26.5 Å². The van der Waals surface area contributed by atoms with Crippen LogP contribution in [0.15, 0.2) is 42.7 Å². The van der Waals surface area contributed by atoms with Gasteiger partial charge >= 0.3 is 0 Å². The number of fused-ring (bicyclic) bond motifs is 3. The van der Waals surface area contributed by atoms with Gasteiger partial charge in [0, 0.05) is 17.7 Å². The Kier molecular flexibility index (Phi) is 3.26. The fourth-order valence-electron chi connectivity index (χ4n) is 4.00. The molecule has 5 rings (SSSR count). The second kappa shape index (κ2) is 5.62. The third-order valence-electron chi connectivity index (χ3n) is 5.28. The minimum absolute atomic E-state index is 0.528. The van der Waals surface area contributed by atoms with Crippen LogP contribution < -0.4 is 4.74 Å². The summed E-state index contributed by atoms with van der Waals surface area (Å²) in [6.07, 6.45) is 8.90. The van der Waals surface area contributed by atoms with Gasteiger partial charge in [-0.1, -0.05) is 12.8 Å². The molecule has 1 aliphatic rings. The maximum absolute atomic E-state index is 5.28. The number of benzene rings is 1. The van der Waals surface area contributed by atoms with Crippen molar-refractivity contribution < 1.29 is 4.74 Å². The first-order valence-corrected chi connectivity index (χ1v) is 8.84.